The van der Waals surface area contributed by atoms with Crippen molar-refractivity contribution in [1.29, 1.82) is 0 Å². The molecule has 2 nitrogen and oxygen atoms in total. The van der Waals surface area contributed by atoms with Gasteiger partial charge in [-0.25, -0.2) is 0 Å². The van der Waals surface area contributed by atoms with E-state index in [-0.39, 0.29) is 6.29 Å². The van der Waals surface area contributed by atoms with Crippen molar-refractivity contribution in [3.63, 3.8) is 0 Å². The van der Waals surface area contributed by atoms with Gasteiger partial charge in [-0.1, -0.05) is 0 Å². The van der Waals surface area contributed by atoms with Crippen molar-refractivity contribution in [1.82, 2.24) is 0 Å². The molecular formula is C14H18O2Se. The topological polar surface area (TPSA) is 18.5 Å². The summed E-state index contributed by atoms with van der Waals surface area (Å²) in [7, 11) is 0. The van der Waals surface area contributed by atoms with Gasteiger partial charge < -0.3 is 0 Å². The Bertz CT molecular complexity index is 354. The third kappa shape index (κ3) is 2.74. The quantitative estimate of drug-likeness (QED) is 0.793. The van der Waals surface area contributed by atoms with Crippen LogP contribution in [0.3, 0.4) is 0 Å². The van der Waals surface area contributed by atoms with Crippen LogP contribution in [0.15, 0.2) is 30.3 Å². The van der Waals surface area contributed by atoms with E-state index >= 15 is 0 Å². The predicted molar refractivity (Wildman–Crippen MR) is 68.5 cm³/mol. The molecule has 2 heterocycles. The van der Waals surface area contributed by atoms with Crippen LogP contribution in [0.5, 0.6) is 0 Å². The van der Waals surface area contributed by atoms with E-state index < -0.39 is 0 Å². The van der Waals surface area contributed by atoms with Crippen molar-refractivity contribution in [2.75, 3.05) is 13.2 Å². The van der Waals surface area contributed by atoms with E-state index in [0.29, 0.717) is 20.9 Å². The Kier molecular flexibility index (Phi) is 3.82. The molecule has 1 unspecified atom stereocenters. The third-order valence-corrected chi connectivity index (χ3v) is 6.12. The van der Waals surface area contributed by atoms with Crippen molar-refractivity contribution in [3.05, 3.63) is 30.3 Å². The first kappa shape index (κ1) is 11.7. The Morgan fingerprint density at radius 3 is 2.94 bits per heavy atom. The molecule has 2 fully saturated rings. The molecule has 0 bridgehead atoms. The van der Waals surface area contributed by atoms with Gasteiger partial charge in [-0.3, -0.25) is 0 Å². The van der Waals surface area contributed by atoms with Crippen LogP contribution < -0.4 is 4.46 Å². The number of hydrogen-bond acceptors (Lipinski definition) is 2. The minimum absolute atomic E-state index is 0.111. The van der Waals surface area contributed by atoms with Crippen LogP contribution in [-0.2, 0) is 9.47 Å². The SMILES string of the molecule is c1ccc([Se]CC2CO[C@@H]3OCCC[C@H]23)cc1. The molecule has 2 saturated heterocycles. The molecule has 0 aromatic heterocycles. The number of rotatable bonds is 3. The van der Waals surface area contributed by atoms with Crippen molar-refractivity contribution >= 4 is 19.4 Å². The molecule has 3 rings (SSSR count). The van der Waals surface area contributed by atoms with Gasteiger partial charge in [0.15, 0.2) is 0 Å². The van der Waals surface area contributed by atoms with Crippen LogP contribution in [0.25, 0.3) is 0 Å². The summed E-state index contributed by atoms with van der Waals surface area (Å²) in [5.74, 6) is 1.38. The Labute approximate surface area is 109 Å². The monoisotopic (exact) mass is 298 g/mol. The zero-order chi connectivity index (χ0) is 11.5. The number of ether oxygens (including phenoxy) is 2. The number of hydrogen-bond donors (Lipinski definition) is 0. The molecule has 0 saturated carbocycles. The van der Waals surface area contributed by atoms with Gasteiger partial charge >= 0.3 is 109 Å². The first-order valence-corrected chi connectivity index (χ1v) is 8.41. The maximum atomic E-state index is 5.75. The van der Waals surface area contributed by atoms with E-state index in [9.17, 15) is 0 Å². The van der Waals surface area contributed by atoms with E-state index in [4.69, 9.17) is 9.47 Å². The Hall–Kier alpha value is -0.341. The summed E-state index contributed by atoms with van der Waals surface area (Å²) in [5.41, 5.74) is 0. The van der Waals surface area contributed by atoms with Gasteiger partial charge in [0.25, 0.3) is 0 Å². The van der Waals surface area contributed by atoms with E-state index in [2.05, 4.69) is 30.3 Å². The van der Waals surface area contributed by atoms with Crippen molar-refractivity contribution in [2.24, 2.45) is 11.8 Å². The van der Waals surface area contributed by atoms with Crippen LogP contribution in [0.4, 0.5) is 0 Å². The molecular weight excluding hydrogens is 279 g/mol. The van der Waals surface area contributed by atoms with Crippen molar-refractivity contribution < 1.29 is 9.47 Å². The van der Waals surface area contributed by atoms with Crippen LogP contribution in [0, 0.1) is 11.8 Å². The van der Waals surface area contributed by atoms with Gasteiger partial charge in [0.1, 0.15) is 0 Å². The molecule has 3 atom stereocenters. The fourth-order valence-electron chi connectivity index (χ4n) is 2.64. The second-order valence-corrected chi connectivity index (χ2v) is 7.06. The standard InChI is InChI=1S/C14H18O2Se/c1-2-5-12(6-3-1)17-10-11-9-16-14-13(11)7-4-8-15-14/h1-3,5-6,11,13-14H,4,7-10H2/t11?,13-,14+/m1/s1. The molecule has 3 heteroatoms. The zero-order valence-corrected chi connectivity index (χ0v) is 11.6. The predicted octanol–water partition coefficient (Wildman–Crippen LogP) is 1.83. The number of benzene rings is 1. The molecule has 0 spiro atoms. The second-order valence-electron chi connectivity index (χ2n) is 4.76. The van der Waals surface area contributed by atoms with Crippen LogP contribution in [0.1, 0.15) is 12.8 Å². The molecule has 17 heavy (non-hydrogen) atoms. The average molecular weight is 297 g/mol. The second kappa shape index (κ2) is 5.53. The zero-order valence-electron chi connectivity index (χ0n) is 9.88. The molecule has 0 aliphatic carbocycles. The van der Waals surface area contributed by atoms with Gasteiger partial charge in [0, 0.05) is 0 Å². The first-order valence-electron chi connectivity index (χ1n) is 6.34. The Morgan fingerprint density at radius 1 is 1.18 bits per heavy atom. The molecule has 0 N–H and O–H groups in total. The molecule has 92 valence electrons. The molecule has 2 aliphatic heterocycles. The van der Waals surface area contributed by atoms with Crippen LogP contribution in [0.2, 0.25) is 5.32 Å². The fraction of sp³-hybridized carbons (Fsp3) is 0.571. The summed E-state index contributed by atoms with van der Waals surface area (Å²) < 4.78 is 12.9. The molecule has 0 radical (unpaired) electrons. The van der Waals surface area contributed by atoms with Crippen LogP contribution in [-0.4, -0.2) is 34.5 Å². The Balaban J connectivity index is 1.55. The molecule has 2 aliphatic rings. The van der Waals surface area contributed by atoms with E-state index in [0.717, 1.165) is 19.1 Å². The van der Waals surface area contributed by atoms with E-state index in [1.807, 2.05) is 0 Å². The summed E-state index contributed by atoms with van der Waals surface area (Å²) in [5, 5.41) is 1.29. The van der Waals surface area contributed by atoms with Crippen LogP contribution >= 0.6 is 0 Å². The van der Waals surface area contributed by atoms with Gasteiger partial charge in [-0.05, 0) is 0 Å². The van der Waals surface area contributed by atoms with Gasteiger partial charge in [0.2, 0.25) is 0 Å². The molecule has 0 amide bonds. The normalized spacial score (nSPS) is 32.4. The summed E-state index contributed by atoms with van der Waals surface area (Å²) in [4.78, 5) is 0. The van der Waals surface area contributed by atoms with E-state index in [1.54, 1.807) is 0 Å². The summed E-state index contributed by atoms with van der Waals surface area (Å²) in [6, 6.07) is 10.8. The Morgan fingerprint density at radius 2 is 2.06 bits per heavy atom. The number of fused-ring (bicyclic) bond motifs is 1. The fourth-order valence-corrected chi connectivity index (χ4v) is 4.95. The third-order valence-electron chi connectivity index (χ3n) is 3.60. The van der Waals surface area contributed by atoms with Gasteiger partial charge in [-0.15, -0.1) is 0 Å². The minimum atomic E-state index is 0.111. The molecule has 1 aromatic rings. The first-order chi connectivity index (χ1) is 8.43. The van der Waals surface area contributed by atoms with E-state index in [1.165, 1.54) is 22.6 Å². The maximum absolute atomic E-state index is 5.75. The summed E-state index contributed by atoms with van der Waals surface area (Å²) in [6.07, 6.45) is 2.61. The van der Waals surface area contributed by atoms with Gasteiger partial charge in [-0.2, -0.15) is 0 Å². The van der Waals surface area contributed by atoms with Crippen molar-refractivity contribution in [3.8, 4) is 0 Å². The van der Waals surface area contributed by atoms with Crippen molar-refractivity contribution in [2.45, 2.75) is 24.5 Å². The summed E-state index contributed by atoms with van der Waals surface area (Å²) >= 11 is 0.585. The summed E-state index contributed by atoms with van der Waals surface area (Å²) in [6.45, 7) is 1.79. The average Bonchev–Trinajstić information content (AvgIpc) is 2.81. The molecule has 1 aromatic carbocycles. The van der Waals surface area contributed by atoms with Gasteiger partial charge in [0.05, 0.1) is 0 Å².